The van der Waals surface area contributed by atoms with Crippen molar-refractivity contribution < 1.29 is 14.0 Å². The molecule has 1 aliphatic carbocycles. The molecule has 2 amide bonds. The number of amides is 2. The summed E-state index contributed by atoms with van der Waals surface area (Å²) in [6.45, 7) is 3.61. The Morgan fingerprint density at radius 1 is 1.14 bits per heavy atom. The molecule has 0 unspecified atom stereocenters. The zero-order chi connectivity index (χ0) is 19.7. The van der Waals surface area contributed by atoms with Crippen LogP contribution < -0.4 is 0 Å². The van der Waals surface area contributed by atoms with E-state index in [2.05, 4.69) is 4.90 Å². The average molecular weight is 408 g/mol. The second-order valence-electron chi connectivity index (χ2n) is 8.19. The van der Waals surface area contributed by atoms with Gasteiger partial charge in [-0.25, -0.2) is 4.39 Å². The summed E-state index contributed by atoms with van der Waals surface area (Å²) in [6.07, 6.45) is 4.86. The number of hydrogen-bond donors (Lipinski definition) is 0. The van der Waals surface area contributed by atoms with Crippen LogP contribution in [0, 0.1) is 11.7 Å². The average Bonchev–Trinajstić information content (AvgIpc) is 3.34. The highest BCUT2D eigenvalue weighted by Crippen LogP contribution is 2.30. The predicted octanol–water partition coefficient (Wildman–Crippen LogP) is 2.91. The van der Waals surface area contributed by atoms with Crippen LogP contribution in [0.25, 0.3) is 0 Å². The standard InChI is InChI=1S/C21H27ClFN3O2/c22-18-6-3-7-19(23)17(18)14-24-8-10-25(11-9-24)21(28)15-12-20(27)26(13-15)16-4-1-2-5-16/h3,6-7,15-16H,1-2,4-5,8-14H2/t15-/m1/s1. The van der Waals surface area contributed by atoms with Gasteiger partial charge in [-0.1, -0.05) is 30.5 Å². The molecule has 1 aromatic carbocycles. The number of piperazine rings is 1. The highest BCUT2D eigenvalue weighted by molar-refractivity contribution is 6.31. The molecule has 0 bridgehead atoms. The van der Waals surface area contributed by atoms with Crippen molar-refractivity contribution in [3.8, 4) is 0 Å². The molecule has 3 fully saturated rings. The molecular formula is C21H27ClFN3O2. The molecule has 28 heavy (non-hydrogen) atoms. The van der Waals surface area contributed by atoms with Crippen molar-refractivity contribution in [1.82, 2.24) is 14.7 Å². The normalized spacial score (nSPS) is 24.4. The molecule has 0 aromatic heterocycles. The first kappa shape index (κ1) is 19.6. The molecule has 1 aromatic rings. The summed E-state index contributed by atoms with van der Waals surface area (Å²) in [7, 11) is 0. The summed E-state index contributed by atoms with van der Waals surface area (Å²) in [5, 5.41) is 0.440. The van der Waals surface area contributed by atoms with Gasteiger partial charge in [-0.2, -0.15) is 0 Å². The molecule has 4 rings (SSSR count). The fourth-order valence-corrected chi connectivity index (χ4v) is 4.98. The maximum atomic E-state index is 14.0. The van der Waals surface area contributed by atoms with Gasteiger partial charge in [0.2, 0.25) is 11.8 Å². The Hall–Kier alpha value is -1.66. The lowest BCUT2D eigenvalue weighted by molar-refractivity contribution is -0.137. The number of hydrogen-bond acceptors (Lipinski definition) is 3. The van der Waals surface area contributed by atoms with Crippen molar-refractivity contribution in [3.63, 3.8) is 0 Å². The van der Waals surface area contributed by atoms with E-state index in [-0.39, 0.29) is 23.5 Å². The smallest absolute Gasteiger partial charge is 0.228 e. The Bertz CT molecular complexity index is 725. The van der Waals surface area contributed by atoms with Crippen LogP contribution in [0.5, 0.6) is 0 Å². The zero-order valence-electron chi connectivity index (χ0n) is 16.1. The Labute approximate surface area is 170 Å². The molecule has 2 heterocycles. The van der Waals surface area contributed by atoms with Gasteiger partial charge in [0.1, 0.15) is 5.82 Å². The summed E-state index contributed by atoms with van der Waals surface area (Å²) < 4.78 is 14.0. The predicted molar refractivity (Wildman–Crippen MR) is 105 cm³/mol. The topological polar surface area (TPSA) is 43.9 Å². The lowest BCUT2D eigenvalue weighted by Crippen LogP contribution is -2.50. The first-order chi connectivity index (χ1) is 13.5. The molecular weight excluding hydrogens is 381 g/mol. The number of halogens is 2. The highest BCUT2D eigenvalue weighted by atomic mass is 35.5. The van der Waals surface area contributed by atoms with Gasteiger partial charge >= 0.3 is 0 Å². The van der Waals surface area contributed by atoms with Crippen LogP contribution in [0.2, 0.25) is 5.02 Å². The second kappa shape index (κ2) is 8.37. The minimum Gasteiger partial charge on any atom is -0.340 e. The molecule has 2 saturated heterocycles. The summed E-state index contributed by atoms with van der Waals surface area (Å²) in [6, 6.07) is 5.07. The molecule has 0 spiro atoms. The van der Waals surface area contributed by atoms with Gasteiger partial charge < -0.3 is 9.80 Å². The molecule has 0 N–H and O–H groups in total. The van der Waals surface area contributed by atoms with Gasteiger partial charge in [0.15, 0.2) is 0 Å². The summed E-state index contributed by atoms with van der Waals surface area (Å²) in [5.41, 5.74) is 0.512. The van der Waals surface area contributed by atoms with Crippen LogP contribution in [-0.4, -0.2) is 65.3 Å². The molecule has 5 nitrogen and oxygen atoms in total. The Kier molecular flexibility index (Phi) is 5.88. The fraction of sp³-hybridized carbons (Fsp3) is 0.619. The molecule has 2 aliphatic heterocycles. The third-order valence-electron chi connectivity index (χ3n) is 6.40. The maximum Gasteiger partial charge on any atom is 0.228 e. The lowest BCUT2D eigenvalue weighted by Gasteiger charge is -2.36. The van der Waals surface area contributed by atoms with Crippen molar-refractivity contribution in [2.45, 2.75) is 44.7 Å². The number of carbonyl (C=O) groups is 2. The first-order valence-electron chi connectivity index (χ1n) is 10.3. The summed E-state index contributed by atoms with van der Waals surface area (Å²) in [5.74, 6) is -0.265. The van der Waals surface area contributed by atoms with Crippen molar-refractivity contribution in [2.75, 3.05) is 32.7 Å². The van der Waals surface area contributed by atoms with Crippen LogP contribution in [0.3, 0.4) is 0 Å². The minimum absolute atomic E-state index is 0.0948. The van der Waals surface area contributed by atoms with E-state index in [1.54, 1.807) is 12.1 Å². The minimum atomic E-state index is -0.289. The van der Waals surface area contributed by atoms with Crippen molar-refractivity contribution in [2.24, 2.45) is 5.92 Å². The first-order valence-corrected chi connectivity index (χ1v) is 10.6. The molecule has 7 heteroatoms. The van der Waals surface area contributed by atoms with Gasteiger partial charge in [-0.05, 0) is 25.0 Å². The van der Waals surface area contributed by atoms with E-state index in [9.17, 15) is 14.0 Å². The highest BCUT2D eigenvalue weighted by Gasteiger charge is 2.40. The molecule has 1 atom stereocenters. The van der Waals surface area contributed by atoms with Crippen molar-refractivity contribution in [3.05, 3.63) is 34.6 Å². The van der Waals surface area contributed by atoms with E-state index in [1.807, 2.05) is 9.80 Å². The van der Waals surface area contributed by atoms with Gasteiger partial charge in [-0.3, -0.25) is 14.5 Å². The van der Waals surface area contributed by atoms with E-state index in [1.165, 1.54) is 18.9 Å². The summed E-state index contributed by atoms with van der Waals surface area (Å²) >= 11 is 6.13. The number of rotatable bonds is 4. The van der Waals surface area contributed by atoms with Crippen LogP contribution >= 0.6 is 11.6 Å². The van der Waals surface area contributed by atoms with Gasteiger partial charge in [-0.15, -0.1) is 0 Å². The molecule has 1 saturated carbocycles. The quantitative estimate of drug-likeness (QED) is 0.770. The maximum absolute atomic E-state index is 14.0. The largest absolute Gasteiger partial charge is 0.340 e. The Morgan fingerprint density at radius 3 is 2.54 bits per heavy atom. The number of benzene rings is 1. The van der Waals surface area contributed by atoms with E-state index >= 15 is 0 Å². The molecule has 0 radical (unpaired) electrons. The van der Waals surface area contributed by atoms with Crippen LogP contribution in [-0.2, 0) is 16.1 Å². The van der Waals surface area contributed by atoms with Gasteiger partial charge in [0.05, 0.1) is 5.92 Å². The van der Waals surface area contributed by atoms with Crippen molar-refractivity contribution in [1.29, 1.82) is 0 Å². The van der Waals surface area contributed by atoms with E-state index in [0.29, 0.717) is 62.3 Å². The third kappa shape index (κ3) is 4.03. The fourth-order valence-electron chi connectivity index (χ4n) is 4.76. The van der Waals surface area contributed by atoms with E-state index in [0.717, 1.165) is 12.8 Å². The van der Waals surface area contributed by atoms with Gasteiger partial charge in [0.25, 0.3) is 0 Å². The molecule has 3 aliphatic rings. The number of likely N-dealkylation sites (tertiary alicyclic amines) is 1. The van der Waals surface area contributed by atoms with E-state index in [4.69, 9.17) is 11.6 Å². The Balaban J connectivity index is 1.30. The van der Waals surface area contributed by atoms with Crippen molar-refractivity contribution >= 4 is 23.4 Å². The number of nitrogens with zero attached hydrogens (tertiary/aromatic N) is 3. The lowest BCUT2D eigenvalue weighted by atomic mass is 10.1. The second-order valence-corrected chi connectivity index (χ2v) is 8.59. The van der Waals surface area contributed by atoms with E-state index < -0.39 is 0 Å². The zero-order valence-corrected chi connectivity index (χ0v) is 16.8. The SMILES string of the molecule is O=C([C@@H]1CC(=O)N(C2CCCC2)C1)N1CCN(Cc2c(F)cccc2Cl)CC1. The van der Waals surface area contributed by atoms with Crippen LogP contribution in [0.1, 0.15) is 37.7 Å². The Morgan fingerprint density at radius 2 is 1.86 bits per heavy atom. The third-order valence-corrected chi connectivity index (χ3v) is 6.75. The summed E-state index contributed by atoms with van der Waals surface area (Å²) in [4.78, 5) is 31.2. The number of carbonyl (C=O) groups excluding carboxylic acids is 2. The monoisotopic (exact) mass is 407 g/mol. The van der Waals surface area contributed by atoms with Gasteiger partial charge in [0, 0.05) is 62.3 Å². The van der Waals surface area contributed by atoms with Crippen LogP contribution in [0.15, 0.2) is 18.2 Å². The molecule has 152 valence electrons. The van der Waals surface area contributed by atoms with Crippen LogP contribution in [0.4, 0.5) is 4.39 Å².